The van der Waals surface area contributed by atoms with Crippen LogP contribution in [0.3, 0.4) is 0 Å². The molecule has 4 heteroatoms. The fourth-order valence-electron chi connectivity index (χ4n) is 4.22. The van der Waals surface area contributed by atoms with Gasteiger partial charge in [-0.2, -0.15) is 0 Å². The number of benzene rings is 1. The lowest BCUT2D eigenvalue weighted by Crippen LogP contribution is -2.51. The van der Waals surface area contributed by atoms with E-state index in [0.717, 1.165) is 25.9 Å². The highest BCUT2D eigenvalue weighted by molar-refractivity contribution is 5.82. The van der Waals surface area contributed by atoms with Crippen molar-refractivity contribution in [2.45, 2.75) is 44.1 Å². The molecule has 1 aromatic heterocycles. The van der Waals surface area contributed by atoms with Crippen LogP contribution < -0.4 is 0 Å². The third kappa shape index (κ3) is 2.91. The van der Waals surface area contributed by atoms with Crippen molar-refractivity contribution in [3.63, 3.8) is 0 Å². The summed E-state index contributed by atoms with van der Waals surface area (Å²) in [4.78, 5) is 18.7. The number of hydrogen-bond donors (Lipinski definition) is 1. The summed E-state index contributed by atoms with van der Waals surface area (Å²) < 4.78 is 0. The van der Waals surface area contributed by atoms with Crippen LogP contribution >= 0.6 is 0 Å². The number of carbonyl (C=O) groups excluding carboxylic acids is 1. The van der Waals surface area contributed by atoms with Crippen molar-refractivity contribution >= 4 is 16.7 Å². The van der Waals surface area contributed by atoms with Crippen molar-refractivity contribution in [2.24, 2.45) is 5.92 Å². The van der Waals surface area contributed by atoms with Crippen molar-refractivity contribution in [2.75, 3.05) is 13.1 Å². The van der Waals surface area contributed by atoms with E-state index in [1.54, 1.807) is 0 Å². The van der Waals surface area contributed by atoms with Crippen LogP contribution in [0.25, 0.3) is 10.8 Å². The van der Waals surface area contributed by atoms with Crippen LogP contribution in [0.1, 0.15) is 44.1 Å². The molecule has 1 aliphatic heterocycles. The van der Waals surface area contributed by atoms with E-state index < -0.39 is 5.60 Å². The Morgan fingerprint density at radius 2 is 1.96 bits per heavy atom. The van der Waals surface area contributed by atoms with E-state index in [2.05, 4.69) is 29.2 Å². The Morgan fingerprint density at radius 3 is 2.67 bits per heavy atom. The van der Waals surface area contributed by atoms with Gasteiger partial charge in [0.15, 0.2) is 0 Å². The summed E-state index contributed by atoms with van der Waals surface area (Å²) in [5, 5.41) is 12.2. The molecule has 1 amide bonds. The number of aliphatic hydroxyl groups is 1. The minimum absolute atomic E-state index is 0.0321. The van der Waals surface area contributed by atoms with Gasteiger partial charge in [-0.15, -0.1) is 0 Å². The Kier molecular flexibility index (Phi) is 3.80. The zero-order valence-electron chi connectivity index (χ0n) is 14.1. The van der Waals surface area contributed by atoms with Crippen LogP contribution in [-0.4, -0.2) is 39.6 Å². The Hall–Kier alpha value is -1.94. The molecule has 24 heavy (non-hydrogen) atoms. The molecule has 0 spiro atoms. The lowest BCUT2D eigenvalue weighted by Gasteiger charge is -2.43. The third-order valence-corrected chi connectivity index (χ3v) is 5.66. The molecule has 2 aromatic rings. The molecule has 126 valence electrons. The Balaban J connectivity index is 1.39. The maximum absolute atomic E-state index is 12.5. The molecule has 1 saturated heterocycles. The van der Waals surface area contributed by atoms with Gasteiger partial charge >= 0.3 is 0 Å². The Labute approximate surface area is 142 Å². The molecule has 1 aromatic carbocycles. The van der Waals surface area contributed by atoms with E-state index in [-0.39, 0.29) is 11.8 Å². The van der Waals surface area contributed by atoms with Gasteiger partial charge in [-0.1, -0.05) is 18.2 Å². The van der Waals surface area contributed by atoms with E-state index in [0.29, 0.717) is 18.8 Å². The van der Waals surface area contributed by atoms with E-state index >= 15 is 0 Å². The van der Waals surface area contributed by atoms with Gasteiger partial charge in [0.05, 0.1) is 5.60 Å². The summed E-state index contributed by atoms with van der Waals surface area (Å²) in [6.07, 6.45) is 7.00. The van der Waals surface area contributed by atoms with Gasteiger partial charge in [-0.25, -0.2) is 0 Å². The number of hydrogen-bond acceptors (Lipinski definition) is 3. The van der Waals surface area contributed by atoms with Gasteiger partial charge < -0.3 is 10.0 Å². The average molecular weight is 324 g/mol. The van der Waals surface area contributed by atoms with Crippen LogP contribution in [0.15, 0.2) is 36.7 Å². The number of nitrogens with zero attached hydrogens (tertiary/aromatic N) is 2. The average Bonchev–Trinajstić information content (AvgIpc) is 2.59. The van der Waals surface area contributed by atoms with Gasteiger partial charge in [0.1, 0.15) is 0 Å². The number of rotatable bonds is 2. The minimum Gasteiger partial charge on any atom is -0.390 e. The van der Waals surface area contributed by atoms with Crippen molar-refractivity contribution in [3.8, 4) is 0 Å². The van der Waals surface area contributed by atoms with Gasteiger partial charge in [0.2, 0.25) is 5.91 Å². The fraction of sp³-hybridized carbons (Fsp3) is 0.500. The van der Waals surface area contributed by atoms with Gasteiger partial charge in [0, 0.05) is 36.8 Å². The van der Waals surface area contributed by atoms with Crippen molar-refractivity contribution in [3.05, 3.63) is 42.2 Å². The standard InChI is InChI=1S/C20H24N2O2/c1-20(24)11-18(12-20)19(23)22-8-5-14(6-9-22)15-2-3-17-13-21-7-4-16(17)10-15/h2-4,7,10,13-14,18,24H,5-6,8-9,11-12H2,1H3/t18-,20+. The summed E-state index contributed by atoms with van der Waals surface area (Å²) >= 11 is 0. The maximum Gasteiger partial charge on any atom is 0.225 e. The van der Waals surface area contributed by atoms with Gasteiger partial charge in [0.25, 0.3) is 0 Å². The molecule has 1 aliphatic carbocycles. The summed E-state index contributed by atoms with van der Waals surface area (Å²) in [7, 11) is 0. The van der Waals surface area contributed by atoms with E-state index in [1.165, 1.54) is 16.3 Å². The number of likely N-dealkylation sites (tertiary alicyclic amines) is 1. The van der Waals surface area contributed by atoms with Crippen molar-refractivity contribution in [1.29, 1.82) is 0 Å². The quantitative estimate of drug-likeness (QED) is 0.923. The zero-order valence-corrected chi connectivity index (χ0v) is 14.1. The smallest absolute Gasteiger partial charge is 0.225 e. The van der Waals surface area contributed by atoms with Crippen LogP contribution in [-0.2, 0) is 4.79 Å². The lowest BCUT2D eigenvalue weighted by atomic mass is 9.71. The number of piperidine rings is 1. The Bertz CT molecular complexity index is 755. The Morgan fingerprint density at radius 1 is 1.21 bits per heavy atom. The summed E-state index contributed by atoms with van der Waals surface area (Å²) in [5.74, 6) is 0.797. The maximum atomic E-state index is 12.5. The van der Waals surface area contributed by atoms with Gasteiger partial charge in [-0.05, 0) is 55.5 Å². The first kappa shape index (κ1) is 15.6. The highest BCUT2D eigenvalue weighted by atomic mass is 16.3. The fourth-order valence-corrected chi connectivity index (χ4v) is 4.22. The largest absolute Gasteiger partial charge is 0.390 e. The van der Waals surface area contributed by atoms with E-state index in [1.807, 2.05) is 24.2 Å². The molecule has 2 heterocycles. The predicted octanol–water partition coefficient (Wildman–Crippen LogP) is 3.10. The topological polar surface area (TPSA) is 53.4 Å². The molecular weight excluding hydrogens is 300 g/mol. The van der Waals surface area contributed by atoms with Crippen LogP contribution in [0.5, 0.6) is 0 Å². The molecule has 0 bridgehead atoms. The van der Waals surface area contributed by atoms with Crippen LogP contribution in [0.2, 0.25) is 0 Å². The predicted molar refractivity (Wildman–Crippen MR) is 93.6 cm³/mol. The van der Waals surface area contributed by atoms with Crippen LogP contribution in [0.4, 0.5) is 0 Å². The van der Waals surface area contributed by atoms with E-state index in [4.69, 9.17) is 0 Å². The normalized spacial score (nSPS) is 27.9. The highest BCUT2D eigenvalue weighted by Crippen LogP contribution is 2.39. The van der Waals surface area contributed by atoms with Crippen LogP contribution in [0, 0.1) is 5.92 Å². The first-order valence-electron chi connectivity index (χ1n) is 8.87. The molecule has 4 rings (SSSR count). The second-order valence-corrected chi connectivity index (χ2v) is 7.68. The third-order valence-electron chi connectivity index (χ3n) is 5.66. The molecule has 2 aliphatic rings. The summed E-state index contributed by atoms with van der Waals surface area (Å²) in [6, 6.07) is 8.67. The molecule has 2 fully saturated rings. The number of amides is 1. The minimum atomic E-state index is -0.626. The number of aromatic nitrogens is 1. The van der Waals surface area contributed by atoms with Crippen molar-refractivity contribution < 1.29 is 9.90 Å². The van der Waals surface area contributed by atoms with Crippen molar-refractivity contribution in [1.82, 2.24) is 9.88 Å². The molecule has 0 unspecified atom stereocenters. The monoisotopic (exact) mass is 324 g/mol. The SMILES string of the molecule is C[C@]1(O)C[C@@H](C(=O)N2CCC(c3ccc4cnccc4c3)CC2)C1. The molecular formula is C20H24N2O2. The van der Waals surface area contributed by atoms with Gasteiger partial charge in [-0.3, -0.25) is 9.78 Å². The summed E-state index contributed by atoms with van der Waals surface area (Å²) in [6.45, 7) is 3.48. The zero-order chi connectivity index (χ0) is 16.7. The molecule has 1 saturated carbocycles. The first-order chi connectivity index (χ1) is 11.5. The summed E-state index contributed by atoms with van der Waals surface area (Å²) in [5.41, 5.74) is 0.742. The molecule has 1 N–H and O–H groups in total. The number of fused-ring (bicyclic) bond motifs is 1. The second kappa shape index (κ2) is 5.85. The molecule has 4 nitrogen and oxygen atoms in total. The molecule has 0 atom stereocenters. The number of carbonyl (C=O) groups is 1. The number of pyridine rings is 1. The van der Waals surface area contributed by atoms with E-state index in [9.17, 15) is 9.90 Å². The lowest BCUT2D eigenvalue weighted by molar-refractivity contribution is -0.150. The highest BCUT2D eigenvalue weighted by Gasteiger charge is 2.44. The first-order valence-corrected chi connectivity index (χ1v) is 8.87. The second-order valence-electron chi connectivity index (χ2n) is 7.68. The molecule has 0 radical (unpaired) electrons.